The number of nitrogens with two attached hydrogens (primary N) is 1. The average Bonchev–Trinajstić information content (AvgIpc) is 2.90. The summed E-state index contributed by atoms with van der Waals surface area (Å²) in [7, 11) is 0. The Labute approximate surface area is 227 Å². The monoisotopic (exact) mass is 527 g/mol. The second-order valence-corrected chi connectivity index (χ2v) is 10.3. The third-order valence-electron chi connectivity index (χ3n) is 6.93. The summed E-state index contributed by atoms with van der Waals surface area (Å²) in [5, 5.41) is 39.1. The predicted molar refractivity (Wildman–Crippen MR) is 152 cm³/mol. The van der Waals surface area contributed by atoms with Gasteiger partial charge in [-0.05, 0) is 72.0 Å². The number of phenolic OH excluding ortho intramolecular Hbond substituents is 2. The minimum Gasteiger partial charge on any atom is -0.508 e. The van der Waals surface area contributed by atoms with E-state index >= 15 is 0 Å². The van der Waals surface area contributed by atoms with Crippen molar-refractivity contribution in [3.63, 3.8) is 0 Å². The van der Waals surface area contributed by atoms with Gasteiger partial charge in [-0.25, -0.2) is 0 Å². The minimum absolute atomic E-state index is 0.0922. The lowest BCUT2D eigenvalue weighted by atomic mass is 9.86. The summed E-state index contributed by atoms with van der Waals surface area (Å²) in [5.41, 5.74) is 8.76. The Morgan fingerprint density at radius 1 is 0.974 bits per heavy atom. The second kappa shape index (κ2) is 11.6. The first-order valence-corrected chi connectivity index (χ1v) is 12.7. The third kappa shape index (κ3) is 6.37. The van der Waals surface area contributed by atoms with Crippen LogP contribution >= 0.6 is 0 Å². The number of aromatic hydroxyl groups is 2. The number of phenols is 2. The van der Waals surface area contributed by atoms with Crippen molar-refractivity contribution >= 4 is 28.8 Å². The maximum Gasteiger partial charge on any atom is 0.248 e. The molecule has 0 saturated carbocycles. The number of anilines is 1. The van der Waals surface area contributed by atoms with Gasteiger partial charge < -0.3 is 31.7 Å². The van der Waals surface area contributed by atoms with Gasteiger partial charge >= 0.3 is 0 Å². The van der Waals surface area contributed by atoms with Crippen molar-refractivity contribution in [1.29, 1.82) is 0 Å². The number of benzene rings is 4. The Morgan fingerprint density at radius 2 is 1.72 bits per heavy atom. The first-order chi connectivity index (χ1) is 18.6. The van der Waals surface area contributed by atoms with Gasteiger partial charge in [0.15, 0.2) is 0 Å². The molecule has 0 saturated heterocycles. The molecule has 39 heavy (non-hydrogen) atoms. The van der Waals surface area contributed by atoms with Gasteiger partial charge in [0, 0.05) is 29.6 Å². The molecule has 0 spiro atoms. The van der Waals surface area contributed by atoms with E-state index in [1.54, 1.807) is 24.3 Å². The molecule has 4 aromatic carbocycles. The highest BCUT2D eigenvalue weighted by molar-refractivity contribution is 5.95. The molecule has 0 aliphatic heterocycles. The van der Waals surface area contributed by atoms with Crippen LogP contribution in [0.5, 0.6) is 11.5 Å². The Hall–Kier alpha value is -4.40. The van der Waals surface area contributed by atoms with Crippen LogP contribution in [-0.2, 0) is 17.6 Å². The number of fused-ring (bicyclic) bond motifs is 1. The summed E-state index contributed by atoms with van der Waals surface area (Å²) in [6, 6.07) is 21.3. The third-order valence-corrected chi connectivity index (χ3v) is 6.93. The number of primary amides is 1. The zero-order valence-electron chi connectivity index (χ0n) is 21.9. The van der Waals surface area contributed by atoms with Crippen LogP contribution in [0.2, 0.25) is 0 Å². The van der Waals surface area contributed by atoms with E-state index in [0.717, 1.165) is 27.5 Å². The number of β-amino-alcohol motifs (C(OH)–C–C–N with tert-alkyl or cyclic N) is 1. The van der Waals surface area contributed by atoms with Gasteiger partial charge in [-0.15, -0.1) is 0 Å². The van der Waals surface area contributed by atoms with Crippen LogP contribution in [-0.4, -0.2) is 39.7 Å². The van der Waals surface area contributed by atoms with E-state index in [1.807, 2.05) is 50.2 Å². The number of rotatable bonds is 11. The maximum absolute atomic E-state index is 12.4. The van der Waals surface area contributed by atoms with Gasteiger partial charge in [0.2, 0.25) is 12.3 Å². The highest BCUT2D eigenvalue weighted by atomic mass is 16.3. The molecular weight excluding hydrogens is 494 g/mol. The number of carbonyl (C=O) groups is 2. The van der Waals surface area contributed by atoms with Crippen molar-refractivity contribution < 1.29 is 24.9 Å². The molecule has 202 valence electrons. The summed E-state index contributed by atoms with van der Waals surface area (Å²) < 4.78 is 0. The molecule has 0 unspecified atom stereocenters. The lowest BCUT2D eigenvalue weighted by molar-refractivity contribution is -0.105. The van der Waals surface area contributed by atoms with Gasteiger partial charge in [0.25, 0.3) is 0 Å². The molecule has 4 rings (SSSR count). The number of aliphatic hydroxyl groups is 1. The lowest BCUT2D eigenvalue weighted by Gasteiger charge is -2.29. The maximum atomic E-state index is 12.4. The van der Waals surface area contributed by atoms with Crippen molar-refractivity contribution in [2.24, 2.45) is 5.73 Å². The van der Waals surface area contributed by atoms with E-state index in [4.69, 9.17) is 5.73 Å². The molecule has 7 N–H and O–H groups in total. The fraction of sp³-hybridized carbons (Fsp3) is 0.226. The lowest BCUT2D eigenvalue weighted by Crippen LogP contribution is -2.43. The SMILES string of the molecule is CC(C)(Cc1cccc(C(N)=O)c1Cc1c(O)ccc2ccccc12)NC[C@H](O)c1ccc(O)c(NC=O)c1. The van der Waals surface area contributed by atoms with Crippen LogP contribution < -0.4 is 16.4 Å². The Bertz CT molecular complexity index is 1520. The summed E-state index contributed by atoms with van der Waals surface area (Å²) in [4.78, 5) is 23.2. The Balaban J connectivity index is 1.59. The van der Waals surface area contributed by atoms with Crippen LogP contribution in [0.15, 0.2) is 72.8 Å². The fourth-order valence-electron chi connectivity index (χ4n) is 4.90. The highest BCUT2D eigenvalue weighted by Crippen LogP contribution is 2.32. The summed E-state index contributed by atoms with van der Waals surface area (Å²) in [6.45, 7) is 4.19. The number of carbonyl (C=O) groups excluding carboxylic acids is 2. The Kier molecular flexibility index (Phi) is 8.18. The molecule has 0 aliphatic carbocycles. The molecule has 0 aliphatic rings. The summed E-state index contributed by atoms with van der Waals surface area (Å²) in [5.74, 6) is -0.484. The molecule has 0 bridgehead atoms. The van der Waals surface area contributed by atoms with Crippen molar-refractivity contribution in [2.45, 2.75) is 38.3 Å². The van der Waals surface area contributed by atoms with Crippen LogP contribution in [0.1, 0.15) is 52.6 Å². The first kappa shape index (κ1) is 27.6. The topological polar surface area (TPSA) is 145 Å². The zero-order valence-corrected chi connectivity index (χ0v) is 21.9. The molecule has 4 aromatic rings. The molecule has 1 atom stereocenters. The van der Waals surface area contributed by atoms with Gasteiger partial charge in [0.1, 0.15) is 11.5 Å². The van der Waals surface area contributed by atoms with E-state index in [9.17, 15) is 24.9 Å². The molecular formula is C31H33N3O5. The second-order valence-electron chi connectivity index (χ2n) is 10.3. The van der Waals surface area contributed by atoms with E-state index in [0.29, 0.717) is 30.4 Å². The van der Waals surface area contributed by atoms with E-state index < -0.39 is 17.6 Å². The standard InChI is InChI=1S/C31H33N3O5/c1-31(2,34-17-29(38)20-11-13-28(37)26(14-20)33-18-35)16-21-7-5-9-23(30(32)39)24(21)15-25-22-8-4-3-6-19(22)10-12-27(25)36/h3-14,18,29,34,36-38H,15-17H2,1-2H3,(H2,32,39)(H,33,35)/t29-/m0/s1. The van der Waals surface area contributed by atoms with Crippen LogP contribution in [0.3, 0.4) is 0 Å². The number of hydrogen-bond donors (Lipinski definition) is 6. The number of hydrogen-bond acceptors (Lipinski definition) is 6. The molecule has 0 radical (unpaired) electrons. The van der Waals surface area contributed by atoms with Crippen molar-refractivity contribution in [2.75, 3.05) is 11.9 Å². The number of amides is 2. The van der Waals surface area contributed by atoms with Crippen molar-refractivity contribution in [3.05, 3.63) is 101 Å². The van der Waals surface area contributed by atoms with Gasteiger partial charge in [-0.2, -0.15) is 0 Å². The van der Waals surface area contributed by atoms with E-state index in [1.165, 1.54) is 12.1 Å². The van der Waals surface area contributed by atoms with Crippen molar-refractivity contribution in [3.8, 4) is 11.5 Å². The van der Waals surface area contributed by atoms with Gasteiger partial charge in [0.05, 0.1) is 11.8 Å². The van der Waals surface area contributed by atoms with Crippen LogP contribution in [0.4, 0.5) is 5.69 Å². The minimum atomic E-state index is -0.902. The molecule has 2 amide bonds. The van der Waals surface area contributed by atoms with Crippen LogP contribution in [0, 0.1) is 0 Å². The zero-order chi connectivity index (χ0) is 28.2. The summed E-state index contributed by atoms with van der Waals surface area (Å²) >= 11 is 0. The molecule has 0 fully saturated rings. The molecule has 8 nitrogen and oxygen atoms in total. The molecule has 0 aromatic heterocycles. The van der Waals surface area contributed by atoms with E-state index in [-0.39, 0.29) is 23.7 Å². The molecule has 8 heteroatoms. The molecule has 0 heterocycles. The highest BCUT2D eigenvalue weighted by Gasteiger charge is 2.24. The van der Waals surface area contributed by atoms with Gasteiger partial charge in [-0.1, -0.05) is 48.5 Å². The predicted octanol–water partition coefficient (Wildman–Crippen LogP) is 4.15. The largest absolute Gasteiger partial charge is 0.508 e. The van der Waals surface area contributed by atoms with Crippen molar-refractivity contribution in [1.82, 2.24) is 5.32 Å². The number of nitrogens with one attached hydrogen (secondary N) is 2. The average molecular weight is 528 g/mol. The Morgan fingerprint density at radius 3 is 2.46 bits per heavy atom. The van der Waals surface area contributed by atoms with Crippen LogP contribution in [0.25, 0.3) is 10.8 Å². The quantitative estimate of drug-likeness (QED) is 0.128. The summed E-state index contributed by atoms with van der Waals surface area (Å²) in [6.07, 6.45) is 0.388. The first-order valence-electron chi connectivity index (χ1n) is 12.7. The smallest absolute Gasteiger partial charge is 0.248 e. The normalized spacial score (nSPS) is 12.3. The number of aliphatic hydroxyl groups excluding tert-OH is 1. The van der Waals surface area contributed by atoms with Gasteiger partial charge in [-0.3, -0.25) is 9.59 Å². The van der Waals surface area contributed by atoms with E-state index in [2.05, 4.69) is 10.6 Å². The fourth-order valence-corrected chi connectivity index (χ4v) is 4.90.